The number of hydrogen-bond donors (Lipinski definition) is 2. The number of rotatable bonds is 8. The van der Waals surface area contributed by atoms with Gasteiger partial charge in [0.15, 0.2) is 0 Å². The van der Waals surface area contributed by atoms with E-state index in [0.29, 0.717) is 17.8 Å². The van der Waals surface area contributed by atoms with Crippen LogP contribution in [0.3, 0.4) is 0 Å². The molecule has 0 saturated carbocycles. The van der Waals surface area contributed by atoms with Gasteiger partial charge in [-0.2, -0.15) is 15.0 Å². The second kappa shape index (κ2) is 7.65. The molecule has 0 aliphatic heterocycles. The monoisotopic (exact) mass is 254 g/mol. The van der Waals surface area contributed by atoms with E-state index in [1.807, 2.05) is 25.9 Å². The van der Waals surface area contributed by atoms with E-state index in [9.17, 15) is 0 Å². The van der Waals surface area contributed by atoms with E-state index in [0.717, 1.165) is 26.1 Å². The van der Waals surface area contributed by atoms with Gasteiger partial charge >= 0.3 is 0 Å². The predicted octanol–water partition coefficient (Wildman–Crippen LogP) is 0.818. The summed E-state index contributed by atoms with van der Waals surface area (Å²) in [5.74, 6) is 1.81. The van der Waals surface area contributed by atoms with Crippen molar-refractivity contribution in [1.82, 2.24) is 15.0 Å². The molecule has 0 aromatic carbocycles. The molecule has 0 unspecified atom stereocenters. The van der Waals surface area contributed by atoms with Crippen molar-refractivity contribution in [3.8, 4) is 0 Å². The van der Waals surface area contributed by atoms with Crippen LogP contribution < -0.4 is 15.5 Å². The lowest BCUT2D eigenvalue weighted by molar-refractivity contribution is 0.197. The molecule has 7 nitrogen and oxygen atoms in total. The summed E-state index contributed by atoms with van der Waals surface area (Å²) in [6, 6.07) is 0. The Bertz CT molecular complexity index is 357. The molecule has 0 fully saturated rings. The maximum Gasteiger partial charge on any atom is 0.231 e. The van der Waals surface area contributed by atoms with Crippen LogP contribution in [0.2, 0.25) is 0 Å². The molecule has 0 aliphatic carbocycles. The highest BCUT2D eigenvalue weighted by Crippen LogP contribution is 2.11. The van der Waals surface area contributed by atoms with Crippen molar-refractivity contribution < 1.29 is 4.74 Å². The van der Waals surface area contributed by atoms with Gasteiger partial charge < -0.3 is 20.3 Å². The van der Waals surface area contributed by atoms with Crippen LogP contribution in [0, 0.1) is 0 Å². The summed E-state index contributed by atoms with van der Waals surface area (Å²) in [5, 5.41) is 6.26. The zero-order chi connectivity index (χ0) is 13.4. The van der Waals surface area contributed by atoms with Crippen molar-refractivity contribution >= 4 is 17.8 Å². The minimum Gasteiger partial charge on any atom is -0.385 e. The highest BCUT2D eigenvalue weighted by atomic mass is 16.5. The number of nitrogens with zero attached hydrogens (tertiary/aromatic N) is 4. The fraction of sp³-hybridized carbons (Fsp3) is 0.727. The van der Waals surface area contributed by atoms with E-state index in [1.54, 1.807) is 7.11 Å². The molecule has 0 amide bonds. The number of methoxy groups -OCH3 is 1. The molecule has 1 aromatic heterocycles. The Labute approximate surface area is 108 Å². The topological polar surface area (TPSA) is 75.2 Å². The van der Waals surface area contributed by atoms with E-state index < -0.39 is 0 Å². The van der Waals surface area contributed by atoms with E-state index in [1.165, 1.54) is 0 Å². The molecule has 1 rings (SSSR count). The first-order valence-electron chi connectivity index (χ1n) is 6.07. The first kappa shape index (κ1) is 14.4. The first-order valence-corrected chi connectivity index (χ1v) is 6.07. The van der Waals surface area contributed by atoms with Gasteiger partial charge in [-0.05, 0) is 13.3 Å². The Morgan fingerprint density at radius 3 is 2.33 bits per heavy atom. The fourth-order valence-corrected chi connectivity index (χ4v) is 1.30. The van der Waals surface area contributed by atoms with E-state index >= 15 is 0 Å². The lowest BCUT2D eigenvalue weighted by atomic mass is 10.4. The summed E-state index contributed by atoms with van der Waals surface area (Å²) >= 11 is 0. The van der Waals surface area contributed by atoms with Gasteiger partial charge in [-0.3, -0.25) is 0 Å². The minimum atomic E-state index is 0.584. The average Bonchev–Trinajstić information content (AvgIpc) is 2.35. The number of anilines is 3. The maximum atomic E-state index is 4.99. The summed E-state index contributed by atoms with van der Waals surface area (Å²) in [6.07, 6.45) is 0.913. The maximum absolute atomic E-state index is 4.99. The predicted molar refractivity (Wildman–Crippen MR) is 73.3 cm³/mol. The van der Waals surface area contributed by atoms with Gasteiger partial charge in [0.25, 0.3) is 0 Å². The molecule has 1 heterocycles. The zero-order valence-corrected chi connectivity index (χ0v) is 11.5. The molecule has 7 heteroatoms. The van der Waals surface area contributed by atoms with Crippen LogP contribution in [0.25, 0.3) is 0 Å². The van der Waals surface area contributed by atoms with Gasteiger partial charge in [0.2, 0.25) is 17.8 Å². The number of ether oxygens (including phenoxy) is 1. The third kappa shape index (κ3) is 4.70. The van der Waals surface area contributed by atoms with Crippen LogP contribution in [-0.2, 0) is 4.74 Å². The molecule has 0 aliphatic rings. The van der Waals surface area contributed by atoms with Crippen LogP contribution in [0.15, 0.2) is 0 Å². The molecule has 0 bridgehead atoms. The van der Waals surface area contributed by atoms with Gasteiger partial charge in [0.05, 0.1) is 0 Å². The van der Waals surface area contributed by atoms with E-state index in [-0.39, 0.29) is 0 Å². The van der Waals surface area contributed by atoms with Crippen molar-refractivity contribution in [2.45, 2.75) is 13.3 Å². The van der Waals surface area contributed by atoms with Gasteiger partial charge in [0.1, 0.15) is 0 Å². The molecule has 1 aromatic rings. The van der Waals surface area contributed by atoms with Crippen LogP contribution in [0.4, 0.5) is 17.8 Å². The van der Waals surface area contributed by atoms with Crippen molar-refractivity contribution in [3.05, 3.63) is 0 Å². The summed E-state index contributed by atoms with van der Waals surface area (Å²) < 4.78 is 4.99. The van der Waals surface area contributed by atoms with Crippen LogP contribution in [-0.4, -0.2) is 55.9 Å². The molecular weight excluding hydrogens is 232 g/mol. The molecule has 0 radical (unpaired) electrons. The molecule has 102 valence electrons. The lowest BCUT2D eigenvalue weighted by Crippen LogP contribution is -2.17. The molecule has 0 saturated heterocycles. The van der Waals surface area contributed by atoms with Gasteiger partial charge in [-0.25, -0.2) is 0 Å². The molecule has 0 atom stereocenters. The zero-order valence-electron chi connectivity index (χ0n) is 11.5. The van der Waals surface area contributed by atoms with Crippen molar-refractivity contribution in [3.63, 3.8) is 0 Å². The smallest absolute Gasteiger partial charge is 0.231 e. The number of hydrogen-bond acceptors (Lipinski definition) is 7. The van der Waals surface area contributed by atoms with Crippen LogP contribution >= 0.6 is 0 Å². The van der Waals surface area contributed by atoms with Gasteiger partial charge in [0, 0.05) is 40.9 Å². The Morgan fingerprint density at radius 2 is 1.78 bits per heavy atom. The highest BCUT2D eigenvalue weighted by molar-refractivity contribution is 5.42. The number of aromatic nitrogens is 3. The van der Waals surface area contributed by atoms with Crippen LogP contribution in [0.5, 0.6) is 0 Å². The van der Waals surface area contributed by atoms with E-state index in [2.05, 4.69) is 25.6 Å². The van der Waals surface area contributed by atoms with E-state index in [4.69, 9.17) is 4.74 Å². The minimum absolute atomic E-state index is 0.584. The van der Waals surface area contributed by atoms with Gasteiger partial charge in [-0.1, -0.05) is 0 Å². The largest absolute Gasteiger partial charge is 0.385 e. The van der Waals surface area contributed by atoms with Crippen LogP contribution in [0.1, 0.15) is 13.3 Å². The quantitative estimate of drug-likeness (QED) is 0.665. The Morgan fingerprint density at radius 1 is 1.11 bits per heavy atom. The summed E-state index contributed by atoms with van der Waals surface area (Å²) in [5.41, 5.74) is 0. The van der Waals surface area contributed by atoms with Crippen molar-refractivity contribution in [2.24, 2.45) is 0 Å². The fourth-order valence-electron chi connectivity index (χ4n) is 1.30. The van der Waals surface area contributed by atoms with Gasteiger partial charge in [-0.15, -0.1) is 0 Å². The highest BCUT2D eigenvalue weighted by Gasteiger charge is 2.06. The lowest BCUT2D eigenvalue weighted by Gasteiger charge is -2.13. The molecule has 18 heavy (non-hydrogen) atoms. The standard InChI is InChI=1S/C11H22N6O/c1-5-12-9-14-10(13-7-6-8-18-4)16-11(15-9)17(2)3/h5-8H2,1-4H3,(H2,12,13,14,15,16). The molecule has 2 N–H and O–H groups in total. The van der Waals surface area contributed by atoms with Crippen molar-refractivity contribution in [2.75, 3.05) is 56.4 Å². The second-order valence-electron chi connectivity index (χ2n) is 3.98. The molecule has 0 spiro atoms. The third-order valence-corrected chi connectivity index (χ3v) is 2.17. The Hall–Kier alpha value is -1.63. The normalized spacial score (nSPS) is 10.2. The van der Waals surface area contributed by atoms with Crippen molar-refractivity contribution in [1.29, 1.82) is 0 Å². The Kier molecular flexibility index (Phi) is 6.13. The average molecular weight is 254 g/mol. The Balaban J connectivity index is 2.69. The summed E-state index contributed by atoms with van der Waals surface area (Å²) in [6.45, 7) is 4.28. The SMILES string of the molecule is CCNc1nc(NCCCOC)nc(N(C)C)n1. The molecular formula is C11H22N6O. The third-order valence-electron chi connectivity index (χ3n) is 2.17. The summed E-state index contributed by atoms with van der Waals surface area (Å²) in [4.78, 5) is 14.8. The number of nitrogens with one attached hydrogen (secondary N) is 2. The second-order valence-corrected chi connectivity index (χ2v) is 3.98. The summed E-state index contributed by atoms with van der Waals surface area (Å²) in [7, 11) is 5.50. The first-order chi connectivity index (χ1) is 8.67.